The zero-order valence-electron chi connectivity index (χ0n) is 64.5. The molecule has 0 bridgehead atoms. The van der Waals surface area contributed by atoms with Crippen LogP contribution in [0.2, 0.25) is 0 Å². The van der Waals surface area contributed by atoms with Gasteiger partial charge in [0, 0.05) is 25.7 Å². The molecule has 0 spiro atoms. The SMILES string of the molecule is CC/C=C\C/C=C\C/C=C\C/C=C\C/C=C\CCCCCC(=O)OC[C@H](COP(=O)(O)OC[C@@H](O)COP(=O)(O)OC[C@@H](COC(=O)CCCCCCC/C=C\CCCCCC)OC(=O)CCCCCCC/C=C\CCCCCCCC)OC(=O)CCCCCCC/C=C\CCCCCCCC. The molecule has 0 aliphatic rings. The van der Waals surface area contributed by atoms with E-state index in [2.05, 4.69) is 125 Å². The number of esters is 4. The molecule has 0 saturated heterocycles. The van der Waals surface area contributed by atoms with Gasteiger partial charge in [-0.15, -0.1) is 0 Å². The molecule has 3 N–H and O–H groups in total. The van der Waals surface area contributed by atoms with E-state index >= 15 is 0 Å². The van der Waals surface area contributed by atoms with Crippen LogP contribution in [-0.2, 0) is 65.4 Å². The van der Waals surface area contributed by atoms with Crippen LogP contribution in [0.1, 0.15) is 349 Å². The number of rotatable bonds is 76. The fourth-order valence-corrected chi connectivity index (χ4v) is 12.4. The minimum Gasteiger partial charge on any atom is -0.462 e. The van der Waals surface area contributed by atoms with Crippen LogP contribution >= 0.6 is 15.6 Å². The van der Waals surface area contributed by atoms with Crippen molar-refractivity contribution >= 4 is 39.5 Å². The Hall–Kier alpha value is -4.02. The number of aliphatic hydroxyl groups excluding tert-OH is 1. The Morgan fingerprint density at radius 2 is 0.510 bits per heavy atom. The smallest absolute Gasteiger partial charge is 0.462 e. The van der Waals surface area contributed by atoms with Crippen LogP contribution in [0.15, 0.2) is 97.2 Å². The van der Waals surface area contributed by atoms with Crippen molar-refractivity contribution in [2.24, 2.45) is 0 Å². The first-order chi connectivity index (χ1) is 49.7. The Labute approximate surface area is 620 Å². The van der Waals surface area contributed by atoms with Crippen molar-refractivity contribution in [2.75, 3.05) is 39.6 Å². The molecule has 17 nitrogen and oxygen atoms in total. The molecule has 0 saturated carbocycles. The normalized spacial score (nSPS) is 14.4. The Balaban J connectivity index is 5.39. The van der Waals surface area contributed by atoms with Gasteiger partial charge in [-0.2, -0.15) is 0 Å². The maximum atomic E-state index is 13.1. The van der Waals surface area contributed by atoms with E-state index < -0.39 is 97.5 Å². The van der Waals surface area contributed by atoms with E-state index in [-0.39, 0.29) is 25.7 Å². The molecular weight excluding hydrogens is 1330 g/mol. The lowest BCUT2D eigenvalue weighted by Gasteiger charge is -2.21. The zero-order chi connectivity index (χ0) is 74.6. The number of carbonyl (C=O) groups is 4. The first-order valence-electron chi connectivity index (χ1n) is 40.5. The minimum atomic E-state index is -4.99. The van der Waals surface area contributed by atoms with Gasteiger partial charge >= 0.3 is 39.5 Å². The maximum absolute atomic E-state index is 13.1. The van der Waals surface area contributed by atoms with E-state index in [1.807, 2.05) is 0 Å². The standard InChI is InChI=1S/C83H146O17P2/c1-5-9-13-17-21-25-29-33-36-37-38-39-42-44-48-52-56-60-64-68-81(86)94-74-79(100-83(88)70-66-62-58-54-50-46-41-35-31-27-23-19-15-11-7-3)76-98-102(91,92)96-72-77(84)71-95-101(89,90)97-75-78(73-93-80(85)67-63-59-55-51-47-43-32-28-24-20-16-12-8-4)99-82(87)69-65-61-57-53-49-45-40-34-30-26-22-18-14-10-6-2/h9,13,21,25,28,32-36,38-41,44,48,77-79,84H,5-8,10-12,14-20,22-24,26-27,29-31,37,42-43,45-47,49-76H2,1-4H3,(H,89,90)(H,91,92)/b13-9-,25-21-,32-28-,36-33-,39-38-,40-34-,41-35-,48-44-/t77-,78+,79+/m0/s1. The highest BCUT2D eigenvalue weighted by atomic mass is 31.2. The van der Waals surface area contributed by atoms with Gasteiger partial charge in [-0.1, -0.05) is 273 Å². The van der Waals surface area contributed by atoms with Crippen LogP contribution in [0.25, 0.3) is 0 Å². The average molecular weight is 1480 g/mol. The second-order valence-corrected chi connectivity index (χ2v) is 29.9. The van der Waals surface area contributed by atoms with E-state index in [9.17, 15) is 43.2 Å². The lowest BCUT2D eigenvalue weighted by atomic mass is 10.1. The summed E-state index contributed by atoms with van der Waals surface area (Å²) in [6.07, 6.45) is 79.5. The number of hydrogen-bond acceptors (Lipinski definition) is 15. The van der Waals surface area contributed by atoms with Crippen LogP contribution in [0.3, 0.4) is 0 Å². The summed E-state index contributed by atoms with van der Waals surface area (Å²) in [7, 11) is -9.97. The van der Waals surface area contributed by atoms with E-state index in [1.54, 1.807) is 0 Å². The largest absolute Gasteiger partial charge is 0.472 e. The number of phosphoric acid groups is 2. The second-order valence-electron chi connectivity index (χ2n) is 27.0. The number of phosphoric ester groups is 2. The molecule has 0 aromatic rings. The lowest BCUT2D eigenvalue weighted by molar-refractivity contribution is -0.161. The molecule has 0 fully saturated rings. The van der Waals surface area contributed by atoms with Crippen molar-refractivity contribution in [1.29, 1.82) is 0 Å². The van der Waals surface area contributed by atoms with Gasteiger partial charge in [-0.3, -0.25) is 37.3 Å². The quantitative estimate of drug-likeness (QED) is 0.0169. The number of unbranched alkanes of at least 4 members (excludes halogenated alkanes) is 34. The molecule has 0 amide bonds. The summed E-state index contributed by atoms with van der Waals surface area (Å²) in [5.41, 5.74) is 0. The molecule has 0 aromatic carbocycles. The van der Waals surface area contributed by atoms with Crippen LogP contribution < -0.4 is 0 Å². The molecule has 0 heterocycles. The predicted octanol–water partition coefficient (Wildman–Crippen LogP) is 23.6. The number of allylic oxidation sites excluding steroid dienone is 16. The molecule has 0 aliphatic heterocycles. The molecular formula is C83H146O17P2. The highest BCUT2D eigenvalue weighted by Gasteiger charge is 2.30. The molecule has 102 heavy (non-hydrogen) atoms. The molecule has 5 atom stereocenters. The molecule has 0 aliphatic carbocycles. The van der Waals surface area contributed by atoms with Crippen LogP contribution in [-0.4, -0.2) is 96.7 Å². The lowest BCUT2D eigenvalue weighted by Crippen LogP contribution is -2.30. The number of aliphatic hydroxyl groups is 1. The van der Waals surface area contributed by atoms with Gasteiger partial charge in [0.1, 0.15) is 19.3 Å². The highest BCUT2D eigenvalue weighted by Crippen LogP contribution is 2.45. The van der Waals surface area contributed by atoms with Gasteiger partial charge in [0.25, 0.3) is 0 Å². The van der Waals surface area contributed by atoms with Crippen molar-refractivity contribution in [2.45, 2.75) is 367 Å². The van der Waals surface area contributed by atoms with Crippen LogP contribution in [0.5, 0.6) is 0 Å². The fraction of sp³-hybridized carbons (Fsp3) is 0.759. The van der Waals surface area contributed by atoms with Crippen molar-refractivity contribution in [3.63, 3.8) is 0 Å². The maximum Gasteiger partial charge on any atom is 0.472 e. The first-order valence-corrected chi connectivity index (χ1v) is 43.5. The Bertz CT molecular complexity index is 2310. The van der Waals surface area contributed by atoms with Gasteiger partial charge in [0.2, 0.25) is 0 Å². The minimum absolute atomic E-state index is 0.0774. The summed E-state index contributed by atoms with van der Waals surface area (Å²) in [6.45, 7) is 4.71. The van der Waals surface area contributed by atoms with Crippen LogP contribution in [0, 0.1) is 0 Å². The number of ether oxygens (including phenoxy) is 4. The van der Waals surface area contributed by atoms with Gasteiger partial charge < -0.3 is 33.8 Å². The van der Waals surface area contributed by atoms with Crippen molar-refractivity contribution in [1.82, 2.24) is 0 Å². The van der Waals surface area contributed by atoms with Gasteiger partial charge in [-0.25, -0.2) is 9.13 Å². The van der Waals surface area contributed by atoms with Gasteiger partial charge in [0.15, 0.2) is 12.2 Å². The van der Waals surface area contributed by atoms with E-state index in [0.717, 1.165) is 167 Å². The second kappa shape index (κ2) is 75.2. The molecule has 0 radical (unpaired) electrons. The predicted molar refractivity (Wildman–Crippen MR) is 418 cm³/mol. The third-order valence-corrected chi connectivity index (χ3v) is 18.9. The van der Waals surface area contributed by atoms with Crippen molar-refractivity contribution in [3.05, 3.63) is 97.2 Å². The Kier molecular flexibility index (Phi) is 72.3. The van der Waals surface area contributed by atoms with Gasteiger partial charge in [0.05, 0.1) is 26.4 Å². The zero-order valence-corrected chi connectivity index (χ0v) is 66.3. The first kappa shape index (κ1) is 98.0. The summed E-state index contributed by atoms with van der Waals surface area (Å²) in [6, 6.07) is 0. The van der Waals surface area contributed by atoms with Crippen molar-refractivity contribution < 1.29 is 80.2 Å². The van der Waals surface area contributed by atoms with E-state index in [1.165, 1.54) is 103 Å². The van der Waals surface area contributed by atoms with Crippen LogP contribution in [0.4, 0.5) is 0 Å². The summed E-state index contributed by atoms with van der Waals surface area (Å²) < 4.78 is 68.6. The summed E-state index contributed by atoms with van der Waals surface area (Å²) in [4.78, 5) is 73.0. The third-order valence-electron chi connectivity index (χ3n) is 17.0. The van der Waals surface area contributed by atoms with Crippen molar-refractivity contribution in [3.8, 4) is 0 Å². The van der Waals surface area contributed by atoms with E-state index in [4.69, 9.17) is 37.0 Å². The molecule has 590 valence electrons. The molecule has 19 heteroatoms. The Morgan fingerprint density at radius 3 is 0.814 bits per heavy atom. The summed E-state index contributed by atoms with van der Waals surface area (Å²) in [5, 5.41) is 10.6. The monoisotopic (exact) mass is 1480 g/mol. The summed E-state index contributed by atoms with van der Waals surface area (Å²) in [5.74, 6) is -2.22. The number of hydrogen-bond donors (Lipinski definition) is 3. The molecule has 0 aromatic heterocycles. The Morgan fingerprint density at radius 1 is 0.284 bits per heavy atom. The average Bonchev–Trinajstić information content (AvgIpc) is 0.920. The molecule has 2 unspecified atom stereocenters. The topological polar surface area (TPSA) is 237 Å². The third kappa shape index (κ3) is 74.3. The van der Waals surface area contributed by atoms with Gasteiger partial charge in [-0.05, 0) is 148 Å². The highest BCUT2D eigenvalue weighted by molar-refractivity contribution is 7.47. The number of carbonyl (C=O) groups excluding carboxylic acids is 4. The molecule has 0 rings (SSSR count). The fourth-order valence-electron chi connectivity index (χ4n) is 10.8. The van der Waals surface area contributed by atoms with E-state index in [0.29, 0.717) is 25.7 Å². The summed E-state index contributed by atoms with van der Waals surface area (Å²) >= 11 is 0.